The molecule has 2 aromatic carbocycles. The first-order valence-corrected chi connectivity index (χ1v) is 8.42. The smallest absolute Gasteiger partial charge is 0.194 e. The first-order chi connectivity index (χ1) is 11.2. The van der Waals surface area contributed by atoms with Gasteiger partial charge in [-0.25, -0.2) is 0 Å². The molecule has 24 heavy (non-hydrogen) atoms. The summed E-state index contributed by atoms with van der Waals surface area (Å²) in [4.78, 5) is 6.85. The first-order valence-electron chi connectivity index (χ1n) is 8.04. The number of guanidine groups is 1. The zero-order chi connectivity index (χ0) is 16.1. The van der Waals surface area contributed by atoms with E-state index in [0.29, 0.717) is 0 Å². The van der Waals surface area contributed by atoms with Crippen molar-refractivity contribution in [3.05, 3.63) is 70.7 Å². The fraction of sp³-hybridized carbons (Fsp3) is 0.316. The lowest BCUT2D eigenvalue weighted by Gasteiger charge is -2.21. The SMILES string of the molecule is CN(CCCc1ccccc1)C1=NCC(c2ccc(Cl)cc2)N1.I. The van der Waals surface area contributed by atoms with Gasteiger partial charge in [-0.3, -0.25) is 4.99 Å². The summed E-state index contributed by atoms with van der Waals surface area (Å²) >= 11 is 5.95. The quantitative estimate of drug-likeness (QED) is 0.671. The molecule has 2 aromatic rings. The minimum atomic E-state index is 0. The molecule has 1 aliphatic rings. The molecule has 1 aliphatic heterocycles. The molecule has 1 heterocycles. The Hall–Kier alpha value is -1.27. The van der Waals surface area contributed by atoms with Gasteiger partial charge in [-0.1, -0.05) is 54.1 Å². The molecule has 3 rings (SSSR count). The second kappa shape index (κ2) is 9.28. The summed E-state index contributed by atoms with van der Waals surface area (Å²) in [6, 6.07) is 18.9. The monoisotopic (exact) mass is 455 g/mol. The summed E-state index contributed by atoms with van der Waals surface area (Å²) < 4.78 is 0. The van der Waals surface area contributed by atoms with Crippen LogP contribution in [0.3, 0.4) is 0 Å². The second-order valence-corrected chi connectivity index (χ2v) is 6.36. The molecule has 0 saturated heterocycles. The Balaban J connectivity index is 0.00000208. The molecule has 0 spiro atoms. The van der Waals surface area contributed by atoms with E-state index in [-0.39, 0.29) is 30.0 Å². The predicted molar refractivity (Wildman–Crippen MR) is 112 cm³/mol. The number of rotatable bonds is 5. The number of aryl methyl sites for hydroxylation is 1. The Kier molecular flexibility index (Phi) is 7.37. The predicted octanol–water partition coefficient (Wildman–Crippen LogP) is 4.52. The van der Waals surface area contributed by atoms with Gasteiger partial charge in [0.15, 0.2) is 5.96 Å². The lowest BCUT2D eigenvalue weighted by molar-refractivity contribution is 0.471. The van der Waals surface area contributed by atoms with Gasteiger partial charge in [-0.05, 0) is 36.1 Å². The van der Waals surface area contributed by atoms with Gasteiger partial charge in [0.2, 0.25) is 0 Å². The van der Waals surface area contributed by atoms with E-state index in [1.54, 1.807) is 0 Å². The van der Waals surface area contributed by atoms with E-state index in [0.717, 1.165) is 36.9 Å². The standard InChI is InChI=1S/C19H22ClN3.HI/c1-23(13-5-8-15-6-3-2-4-7-15)19-21-14-18(22-19)16-9-11-17(20)12-10-16;/h2-4,6-7,9-12,18H,5,8,13-14H2,1H3,(H,21,22);1H. The maximum atomic E-state index is 5.95. The molecule has 0 amide bonds. The fourth-order valence-electron chi connectivity index (χ4n) is 2.81. The van der Waals surface area contributed by atoms with Crippen molar-refractivity contribution in [2.24, 2.45) is 4.99 Å². The van der Waals surface area contributed by atoms with Crippen LogP contribution >= 0.6 is 35.6 Å². The number of benzene rings is 2. The van der Waals surface area contributed by atoms with Crippen LogP contribution in [0.15, 0.2) is 59.6 Å². The summed E-state index contributed by atoms with van der Waals surface area (Å²) in [5, 5.41) is 4.28. The molecular weight excluding hydrogens is 433 g/mol. The topological polar surface area (TPSA) is 27.6 Å². The van der Waals surface area contributed by atoms with Crippen molar-refractivity contribution in [1.29, 1.82) is 0 Å². The molecule has 0 saturated carbocycles. The second-order valence-electron chi connectivity index (χ2n) is 5.92. The van der Waals surface area contributed by atoms with Gasteiger partial charge in [0.1, 0.15) is 0 Å². The van der Waals surface area contributed by atoms with Crippen molar-refractivity contribution in [2.75, 3.05) is 20.1 Å². The van der Waals surface area contributed by atoms with Crippen LogP contribution in [0.25, 0.3) is 0 Å². The average Bonchev–Trinajstić information content (AvgIpc) is 3.06. The van der Waals surface area contributed by atoms with E-state index in [1.165, 1.54) is 11.1 Å². The third kappa shape index (κ3) is 5.11. The van der Waals surface area contributed by atoms with Gasteiger partial charge < -0.3 is 10.2 Å². The lowest BCUT2D eigenvalue weighted by atomic mass is 10.1. The number of aliphatic imine (C=N–C) groups is 1. The van der Waals surface area contributed by atoms with Crippen LogP contribution in [0.4, 0.5) is 0 Å². The van der Waals surface area contributed by atoms with Crippen molar-refractivity contribution in [1.82, 2.24) is 10.2 Å². The third-order valence-corrected chi connectivity index (χ3v) is 4.41. The van der Waals surface area contributed by atoms with Crippen molar-refractivity contribution >= 4 is 41.5 Å². The van der Waals surface area contributed by atoms with Gasteiger partial charge in [0.25, 0.3) is 0 Å². The summed E-state index contributed by atoms with van der Waals surface area (Å²) in [6.07, 6.45) is 2.21. The summed E-state index contributed by atoms with van der Waals surface area (Å²) in [5.74, 6) is 0.984. The summed E-state index contributed by atoms with van der Waals surface area (Å²) in [5.41, 5.74) is 2.62. The van der Waals surface area contributed by atoms with Crippen LogP contribution in [0, 0.1) is 0 Å². The maximum absolute atomic E-state index is 5.95. The Bertz CT molecular complexity index is 658. The zero-order valence-electron chi connectivity index (χ0n) is 13.8. The highest BCUT2D eigenvalue weighted by molar-refractivity contribution is 14.0. The van der Waals surface area contributed by atoms with Crippen LogP contribution in [-0.2, 0) is 6.42 Å². The zero-order valence-corrected chi connectivity index (χ0v) is 16.9. The Morgan fingerprint density at radius 1 is 1.12 bits per heavy atom. The molecule has 128 valence electrons. The van der Waals surface area contributed by atoms with E-state index in [4.69, 9.17) is 11.6 Å². The van der Waals surface area contributed by atoms with Gasteiger partial charge in [-0.15, -0.1) is 24.0 Å². The first kappa shape index (κ1) is 19.1. The number of hydrogen-bond acceptors (Lipinski definition) is 3. The molecule has 0 bridgehead atoms. The number of hydrogen-bond donors (Lipinski definition) is 1. The van der Waals surface area contributed by atoms with Crippen LogP contribution in [0.1, 0.15) is 23.6 Å². The van der Waals surface area contributed by atoms with E-state index >= 15 is 0 Å². The minimum Gasteiger partial charge on any atom is -0.348 e. The fourth-order valence-corrected chi connectivity index (χ4v) is 2.94. The average molecular weight is 456 g/mol. The highest BCUT2D eigenvalue weighted by Gasteiger charge is 2.21. The molecule has 5 heteroatoms. The molecule has 0 fully saturated rings. The molecular formula is C19H23ClIN3. The molecule has 1 N–H and O–H groups in total. The van der Waals surface area contributed by atoms with E-state index in [9.17, 15) is 0 Å². The minimum absolute atomic E-state index is 0. The van der Waals surface area contributed by atoms with Crippen molar-refractivity contribution in [2.45, 2.75) is 18.9 Å². The van der Waals surface area contributed by atoms with Gasteiger partial charge >= 0.3 is 0 Å². The maximum Gasteiger partial charge on any atom is 0.194 e. The van der Waals surface area contributed by atoms with Crippen LogP contribution in [0.5, 0.6) is 0 Å². The van der Waals surface area contributed by atoms with Crippen LogP contribution in [-0.4, -0.2) is 31.0 Å². The van der Waals surface area contributed by atoms with E-state index in [2.05, 4.69) is 64.7 Å². The highest BCUT2D eigenvalue weighted by atomic mass is 127. The molecule has 0 aromatic heterocycles. The van der Waals surface area contributed by atoms with E-state index < -0.39 is 0 Å². The van der Waals surface area contributed by atoms with Crippen molar-refractivity contribution in [3.63, 3.8) is 0 Å². The Morgan fingerprint density at radius 2 is 1.83 bits per heavy atom. The summed E-state index contributed by atoms with van der Waals surface area (Å²) in [6.45, 7) is 1.77. The number of nitrogens with one attached hydrogen (secondary N) is 1. The Labute approximate surface area is 166 Å². The molecule has 1 atom stereocenters. The summed E-state index contributed by atoms with van der Waals surface area (Å²) in [7, 11) is 2.10. The normalized spacial score (nSPS) is 16.1. The Morgan fingerprint density at radius 3 is 2.54 bits per heavy atom. The van der Waals surface area contributed by atoms with Crippen molar-refractivity contribution in [3.8, 4) is 0 Å². The molecule has 1 unspecified atom stereocenters. The van der Waals surface area contributed by atoms with E-state index in [1.807, 2.05) is 12.1 Å². The van der Waals surface area contributed by atoms with Gasteiger partial charge in [0, 0.05) is 18.6 Å². The van der Waals surface area contributed by atoms with Gasteiger partial charge in [0.05, 0.1) is 12.6 Å². The molecule has 3 nitrogen and oxygen atoms in total. The third-order valence-electron chi connectivity index (χ3n) is 4.16. The number of halogens is 2. The number of nitrogens with zero attached hydrogens (tertiary/aromatic N) is 2. The van der Waals surface area contributed by atoms with Gasteiger partial charge in [-0.2, -0.15) is 0 Å². The largest absolute Gasteiger partial charge is 0.348 e. The van der Waals surface area contributed by atoms with Crippen molar-refractivity contribution < 1.29 is 0 Å². The lowest BCUT2D eigenvalue weighted by Crippen LogP contribution is -2.37. The molecule has 0 radical (unpaired) electrons. The highest BCUT2D eigenvalue weighted by Crippen LogP contribution is 2.20. The molecule has 0 aliphatic carbocycles. The van der Waals surface area contributed by atoms with Crippen LogP contribution in [0.2, 0.25) is 5.02 Å². The van der Waals surface area contributed by atoms with Crippen LogP contribution < -0.4 is 5.32 Å².